The first-order valence-electron chi connectivity index (χ1n) is 7.38. The van der Waals surface area contributed by atoms with Crippen molar-refractivity contribution >= 4 is 29.3 Å². The van der Waals surface area contributed by atoms with Gasteiger partial charge in [-0.25, -0.2) is 4.79 Å². The van der Waals surface area contributed by atoms with Crippen LogP contribution in [0.25, 0.3) is 6.08 Å². The average Bonchev–Trinajstić information content (AvgIpc) is 3.08. The van der Waals surface area contributed by atoms with E-state index in [1.165, 1.54) is 23.0 Å². The molecule has 0 aliphatic carbocycles. The van der Waals surface area contributed by atoms with Gasteiger partial charge in [-0.05, 0) is 36.4 Å². The molecule has 4 nitrogen and oxygen atoms in total. The van der Waals surface area contributed by atoms with Gasteiger partial charge in [0, 0.05) is 12.6 Å². The van der Waals surface area contributed by atoms with Gasteiger partial charge >= 0.3 is 5.97 Å². The minimum Gasteiger partial charge on any atom is -0.462 e. The largest absolute Gasteiger partial charge is 0.462 e. The molecule has 0 saturated carbocycles. The van der Waals surface area contributed by atoms with Crippen molar-refractivity contribution in [2.75, 3.05) is 13.2 Å². The van der Waals surface area contributed by atoms with Crippen LogP contribution in [0.2, 0.25) is 0 Å². The molecule has 0 aliphatic rings. The summed E-state index contributed by atoms with van der Waals surface area (Å²) in [5.74, 6) is -0.472. The molecule has 0 spiro atoms. The fourth-order valence-electron chi connectivity index (χ4n) is 1.83. The minimum atomic E-state index is -0.379. The van der Waals surface area contributed by atoms with Crippen molar-refractivity contribution in [3.05, 3.63) is 63.9 Å². The van der Waals surface area contributed by atoms with Crippen LogP contribution in [0.5, 0.6) is 0 Å². The second-order valence-electron chi connectivity index (χ2n) is 5.00. The zero-order chi connectivity index (χ0) is 16.5. The third kappa shape index (κ3) is 6.08. The molecule has 0 atom stereocenters. The van der Waals surface area contributed by atoms with Gasteiger partial charge in [-0.2, -0.15) is 0 Å². The zero-order valence-electron chi connectivity index (χ0n) is 13.0. The molecule has 0 fully saturated rings. The second kappa shape index (κ2) is 8.90. The summed E-state index contributed by atoms with van der Waals surface area (Å²) < 4.78 is 5.09. The summed E-state index contributed by atoms with van der Waals surface area (Å²) in [6.45, 7) is 2.77. The lowest BCUT2D eigenvalue weighted by Crippen LogP contribution is -2.24. The molecule has 0 bridgehead atoms. The van der Waals surface area contributed by atoms with E-state index in [4.69, 9.17) is 4.74 Å². The van der Waals surface area contributed by atoms with Gasteiger partial charge in [0.2, 0.25) is 0 Å². The van der Waals surface area contributed by atoms with Crippen LogP contribution < -0.4 is 5.32 Å². The van der Waals surface area contributed by atoms with Gasteiger partial charge in [0.05, 0.1) is 11.5 Å². The Labute approximate surface area is 139 Å². The molecule has 5 heteroatoms. The van der Waals surface area contributed by atoms with E-state index in [0.717, 1.165) is 5.56 Å². The highest BCUT2D eigenvalue weighted by Crippen LogP contribution is 2.07. The smallest absolute Gasteiger partial charge is 0.330 e. The van der Waals surface area contributed by atoms with E-state index in [2.05, 4.69) is 5.32 Å². The predicted molar refractivity (Wildman–Crippen MR) is 92.4 cm³/mol. The van der Waals surface area contributed by atoms with E-state index in [0.29, 0.717) is 17.8 Å². The summed E-state index contributed by atoms with van der Waals surface area (Å²) in [6, 6.07) is 11.5. The molecule has 1 aromatic heterocycles. The normalized spacial score (nSPS) is 10.7. The molecule has 0 aliphatic heterocycles. The fourth-order valence-corrected chi connectivity index (χ4v) is 2.47. The highest BCUT2D eigenvalue weighted by atomic mass is 32.1. The fraction of sp³-hybridized carbons (Fsp3) is 0.222. The SMILES string of the molecule is Cc1ccc(/C=C/C(=O)OCCCNC(=O)c2cccs2)cc1. The summed E-state index contributed by atoms with van der Waals surface area (Å²) in [4.78, 5) is 23.9. The van der Waals surface area contributed by atoms with Gasteiger partial charge in [-0.3, -0.25) is 4.79 Å². The Balaban J connectivity index is 1.61. The lowest BCUT2D eigenvalue weighted by atomic mass is 10.1. The molecular formula is C18H19NO3S. The average molecular weight is 329 g/mol. The molecule has 1 N–H and O–H groups in total. The first-order valence-corrected chi connectivity index (χ1v) is 8.26. The van der Waals surface area contributed by atoms with Crippen LogP contribution in [0, 0.1) is 6.92 Å². The first kappa shape index (κ1) is 17.0. The molecule has 120 valence electrons. The number of hydrogen-bond donors (Lipinski definition) is 1. The van der Waals surface area contributed by atoms with Crippen LogP contribution in [0.1, 0.15) is 27.2 Å². The number of esters is 1. The Kier molecular flexibility index (Phi) is 6.56. The summed E-state index contributed by atoms with van der Waals surface area (Å²) in [5, 5.41) is 4.64. The maximum atomic E-state index is 11.7. The third-order valence-electron chi connectivity index (χ3n) is 3.09. The number of nitrogens with one attached hydrogen (secondary N) is 1. The lowest BCUT2D eigenvalue weighted by molar-refractivity contribution is -0.137. The maximum Gasteiger partial charge on any atom is 0.330 e. The van der Waals surface area contributed by atoms with Crippen LogP contribution in [-0.4, -0.2) is 25.0 Å². The highest BCUT2D eigenvalue weighted by molar-refractivity contribution is 7.12. The first-order chi connectivity index (χ1) is 11.1. The van der Waals surface area contributed by atoms with Gasteiger partial charge in [-0.1, -0.05) is 35.9 Å². The Bertz CT molecular complexity index is 660. The molecule has 2 rings (SSSR count). The number of carbonyl (C=O) groups excluding carboxylic acids is 2. The molecule has 0 radical (unpaired) electrons. The molecule has 2 aromatic rings. The Morgan fingerprint density at radius 2 is 2.00 bits per heavy atom. The number of ether oxygens (including phenoxy) is 1. The summed E-state index contributed by atoms with van der Waals surface area (Å²) in [6.07, 6.45) is 3.72. The molecule has 1 heterocycles. The summed E-state index contributed by atoms with van der Waals surface area (Å²) in [5.41, 5.74) is 2.13. The number of benzene rings is 1. The van der Waals surface area contributed by atoms with E-state index in [9.17, 15) is 9.59 Å². The topological polar surface area (TPSA) is 55.4 Å². The Morgan fingerprint density at radius 3 is 2.70 bits per heavy atom. The number of rotatable bonds is 7. The van der Waals surface area contributed by atoms with E-state index in [-0.39, 0.29) is 18.5 Å². The number of thiophene rings is 1. The van der Waals surface area contributed by atoms with Gasteiger partial charge < -0.3 is 10.1 Å². The monoisotopic (exact) mass is 329 g/mol. The van der Waals surface area contributed by atoms with Crippen molar-refractivity contribution in [3.63, 3.8) is 0 Å². The maximum absolute atomic E-state index is 11.7. The Hall–Kier alpha value is -2.40. The predicted octanol–water partition coefficient (Wildman–Crippen LogP) is 3.43. The van der Waals surface area contributed by atoms with Gasteiger partial charge in [-0.15, -0.1) is 11.3 Å². The number of aryl methyl sites for hydroxylation is 1. The molecular weight excluding hydrogens is 310 g/mol. The third-order valence-corrected chi connectivity index (χ3v) is 3.95. The number of amides is 1. The Morgan fingerprint density at radius 1 is 1.22 bits per heavy atom. The van der Waals surface area contributed by atoms with E-state index in [1.807, 2.05) is 42.6 Å². The number of hydrogen-bond acceptors (Lipinski definition) is 4. The van der Waals surface area contributed by atoms with Crippen LogP contribution in [0.4, 0.5) is 0 Å². The summed E-state index contributed by atoms with van der Waals surface area (Å²) in [7, 11) is 0. The quantitative estimate of drug-likeness (QED) is 0.481. The highest BCUT2D eigenvalue weighted by Gasteiger charge is 2.05. The van der Waals surface area contributed by atoms with Crippen molar-refractivity contribution in [2.45, 2.75) is 13.3 Å². The molecule has 0 saturated heterocycles. The van der Waals surface area contributed by atoms with Gasteiger partial charge in [0.15, 0.2) is 0 Å². The van der Waals surface area contributed by atoms with Crippen molar-refractivity contribution in [2.24, 2.45) is 0 Å². The van der Waals surface area contributed by atoms with Gasteiger partial charge in [0.1, 0.15) is 0 Å². The van der Waals surface area contributed by atoms with Gasteiger partial charge in [0.25, 0.3) is 5.91 Å². The van der Waals surface area contributed by atoms with Crippen molar-refractivity contribution in [1.82, 2.24) is 5.32 Å². The second-order valence-corrected chi connectivity index (χ2v) is 5.95. The van der Waals surface area contributed by atoms with Crippen molar-refractivity contribution in [3.8, 4) is 0 Å². The zero-order valence-corrected chi connectivity index (χ0v) is 13.8. The van der Waals surface area contributed by atoms with Crippen LogP contribution in [-0.2, 0) is 9.53 Å². The van der Waals surface area contributed by atoms with E-state index >= 15 is 0 Å². The lowest BCUT2D eigenvalue weighted by Gasteiger charge is -2.04. The molecule has 1 amide bonds. The van der Waals surface area contributed by atoms with Crippen molar-refractivity contribution < 1.29 is 14.3 Å². The van der Waals surface area contributed by atoms with Crippen LogP contribution in [0.3, 0.4) is 0 Å². The van der Waals surface area contributed by atoms with E-state index in [1.54, 1.807) is 12.1 Å². The van der Waals surface area contributed by atoms with Crippen LogP contribution in [0.15, 0.2) is 47.9 Å². The van der Waals surface area contributed by atoms with Crippen molar-refractivity contribution in [1.29, 1.82) is 0 Å². The van der Waals surface area contributed by atoms with Crippen LogP contribution >= 0.6 is 11.3 Å². The standard InChI is InChI=1S/C18H19NO3S/c1-14-5-7-15(8-6-14)9-10-17(20)22-12-3-11-19-18(21)16-4-2-13-23-16/h2,4-10,13H,3,11-12H2,1H3,(H,19,21)/b10-9+. The van der Waals surface area contributed by atoms with E-state index < -0.39 is 0 Å². The molecule has 1 aromatic carbocycles. The summed E-state index contributed by atoms with van der Waals surface area (Å²) >= 11 is 1.40. The molecule has 0 unspecified atom stereocenters. The minimum absolute atomic E-state index is 0.0920. The number of carbonyl (C=O) groups is 2. The molecule has 23 heavy (non-hydrogen) atoms.